The molecule has 1 aliphatic heterocycles. The first kappa shape index (κ1) is 21.2. The van der Waals surface area contributed by atoms with E-state index in [2.05, 4.69) is 15.5 Å². The van der Waals surface area contributed by atoms with Gasteiger partial charge in [-0.2, -0.15) is 9.78 Å². The van der Waals surface area contributed by atoms with Crippen molar-refractivity contribution in [2.45, 2.75) is 51.4 Å². The number of hydrogen-bond donors (Lipinski definition) is 1. The number of ether oxygens (including phenoxy) is 2. The minimum Gasteiger partial charge on any atom is -0.497 e. The molecule has 1 unspecified atom stereocenters. The maximum absolute atomic E-state index is 12.3. The molecule has 8 nitrogen and oxygen atoms in total. The predicted molar refractivity (Wildman–Crippen MR) is 113 cm³/mol. The zero-order chi connectivity index (χ0) is 21.2. The van der Waals surface area contributed by atoms with Crippen LogP contribution in [-0.2, 0) is 4.74 Å². The number of aromatic nitrogens is 3. The zero-order valence-electron chi connectivity index (χ0n) is 17.6. The molecular weight excluding hydrogens is 390 g/mol. The molecular formula is C20H27N5O3S. The number of carbonyl (C=O) groups is 1. The highest BCUT2D eigenvalue weighted by molar-refractivity contribution is 7.99. The Hall–Kier alpha value is -2.55. The summed E-state index contributed by atoms with van der Waals surface area (Å²) in [5.74, 6) is 2.14. The first-order valence-corrected chi connectivity index (χ1v) is 10.5. The SMILES string of the molecule is COc1ccc(C2=Nn3c(nnc3C(NC(=O)OC(C)(C)C)C(C)C)SC2)cc1. The fourth-order valence-electron chi connectivity index (χ4n) is 2.83. The van der Waals surface area contributed by atoms with Gasteiger partial charge in [0, 0.05) is 5.75 Å². The van der Waals surface area contributed by atoms with Gasteiger partial charge in [-0.15, -0.1) is 10.2 Å². The van der Waals surface area contributed by atoms with Crippen LogP contribution in [0.15, 0.2) is 34.5 Å². The average molecular weight is 418 g/mol. The van der Waals surface area contributed by atoms with E-state index in [1.807, 2.05) is 58.9 Å². The molecule has 29 heavy (non-hydrogen) atoms. The molecule has 9 heteroatoms. The van der Waals surface area contributed by atoms with E-state index in [1.165, 1.54) is 0 Å². The highest BCUT2D eigenvalue weighted by atomic mass is 32.2. The average Bonchev–Trinajstić information content (AvgIpc) is 3.07. The van der Waals surface area contributed by atoms with Crippen LogP contribution < -0.4 is 10.1 Å². The molecule has 0 fully saturated rings. The van der Waals surface area contributed by atoms with Crippen LogP contribution in [0.3, 0.4) is 0 Å². The van der Waals surface area contributed by atoms with Crippen molar-refractivity contribution in [3.8, 4) is 5.75 Å². The van der Waals surface area contributed by atoms with Gasteiger partial charge in [0.05, 0.1) is 18.9 Å². The molecule has 1 aromatic heterocycles. The normalized spacial score (nSPS) is 14.8. The molecule has 1 aromatic carbocycles. The van der Waals surface area contributed by atoms with Gasteiger partial charge in [-0.3, -0.25) is 0 Å². The standard InChI is InChI=1S/C20H27N5O3S/c1-12(2)16(21-19(26)28-20(3,4)5)17-22-23-18-25(17)24-15(11-29-18)13-7-9-14(27-6)10-8-13/h7-10,12,16H,11H2,1-6H3,(H,21,26). The van der Waals surface area contributed by atoms with Crippen LogP contribution in [0, 0.1) is 5.92 Å². The summed E-state index contributed by atoms with van der Waals surface area (Å²) in [5.41, 5.74) is 1.33. The van der Waals surface area contributed by atoms with Gasteiger partial charge >= 0.3 is 6.09 Å². The third kappa shape index (κ3) is 5.09. The number of thioether (sulfide) groups is 1. The van der Waals surface area contributed by atoms with Crippen LogP contribution in [0.4, 0.5) is 4.79 Å². The smallest absolute Gasteiger partial charge is 0.408 e. The fourth-order valence-corrected chi connectivity index (χ4v) is 3.67. The molecule has 0 saturated carbocycles. The number of fused-ring (bicyclic) bond motifs is 1. The summed E-state index contributed by atoms with van der Waals surface area (Å²) in [6.07, 6.45) is -0.489. The molecule has 1 aliphatic rings. The summed E-state index contributed by atoms with van der Waals surface area (Å²) < 4.78 is 12.4. The van der Waals surface area contributed by atoms with Crippen molar-refractivity contribution < 1.29 is 14.3 Å². The second-order valence-corrected chi connectivity index (χ2v) is 9.03. The molecule has 0 spiro atoms. The fraction of sp³-hybridized carbons (Fsp3) is 0.500. The van der Waals surface area contributed by atoms with Gasteiger partial charge in [0.2, 0.25) is 5.16 Å². The number of alkyl carbamates (subject to hydrolysis) is 1. The van der Waals surface area contributed by atoms with Crippen LogP contribution in [0.2, 0.25) is 0 Å². The second kappa shape index (κ2) is 8.44. The predicted octanol–water partition coefficient (Wildman–Crippen LogP) is 3.87. The summed E-state index contributed by atoms with van der Waals surface area (Å²) in [6.45, 7) is 9.51. The van der Waals surface area contributed by atoms with Crippen molar-refractivity contribution in [3.05, 3.63) is 35.7 Å². The van der Waals surface area contributed by atoms with Gasteiger partial charge in [0.25, 0.3) is 0 Å². The molecule has 1 amide bonds. The summed E-state index contributed by atoms with van der Waals surface area (Å²) in [5, 5.41) is 17.0. The largest absolute Gasteiger partial charge is 0.497 e. The quantitative estimate of drug-likeness (QED) is 0.794. The van der Waals surface area contributed by atoms with E-state index in [0.29, 0.717) is 16.7 Å². The lowest BCUT2D eigenvalue weighted by atomic mass is 10.0. The Bertz CT molecular complexity index is 900. The van der Waals surface area contributed by atoms with Gasteiger partial charge in [-0.05, 0) is 56.5 Å². The Morgan fingerprint density at radius 2 is 1.90 bits per heavy atom. The van der Waals surface area contributed by atoms with Gasteiger partial charge in [0.15, 0.2) is 5.82 Å². The highest BCUT2D eigenvalue weighted by Crippen LogP contribution is 2.29. The second-order valence-electron chi connectivity index (χ2n) is 8.08. The lowest BCUT2D eigenvalue weighted by Crippen LogP contribution is -2.38. The minimum atomic E-state index is -0.578. The van der Waals surface area contributed by atoms with Crippen LogP contribution in [0.1, 0.15) is 52.0 Å². The first-order chi connectivity index (χ1) is 13.7. The van der Waals surface area contributed by atoms with E-state index in [9.17, 15) is 4.79 Å². The van der Waals surface area contributed by atoms with Crippen LogP contribution in [-0.4, -0.2) is 45.1 Å². The van der Waals surface area contributed by atoms with Crippen molar-refractivity contribution in [1.82, 2.24) is 20.2 Å². The van der Waals surface area contributed by atoms with Crippen LogP contribution in [0.25, 0.3) is 0 Å². The van der Waals surface area contributed by atoms with Crippen LogP contribution >= 0.6 is 11.8 Å². The van der Waals surface area contributed by atoms with Crippen molar-refractivity contribution in [1.29, 1.82) is 0 Å². The molecule has 0 bridgehead atoms. The van der Waals surface area contributed by atoms with Gasteiger partial charge in [-0.25, -0.2) is 4.79 Å². The maximum Gasteiger partial charge on any atom is 0.408 e. The summed E-state index contributed by atoms with van der Waals surface area (Å²) in [7, 11) is 1.64. The van der Waals surface area contributed by atoms with Crippen molar-refractivity contribution in [2.75, 3.05) is 12.9 Å². The maximum atomic E-state index is 12.3. The highest BCUT2D eigenvalue weighted by Gasteiger charge is 2.30. The monoisotopic (exact) mass is 417 g/mol. The Morgan fingerprint density at radius 1 is 1.21 bits per heavy atom. The van der Waals surface area contributed by atoms with Crippen molar-refractivity contribution in [3.63, 3.8) is 0 Å². The molecule has 0 saturated heterocycles. The number of benzene rings is 1. The molecule has 156 valence electrons. The van der Waals surface area contributed by atoms with E-state index in [0.717, 1.165) is 17.0 Å². The van der Waals surface area contributed by atoms with E-state index in [1.54, 1.807) is 23.5 Å². The number of amides is 1. The Morgan fingerprint density at radius 3 is 2.48 bits per heavy atom. The molecule has 1 atom stereocenters. The first-order valence-electron chi connectivity index (χ1n) is 9.48. The number of nitrogens with zero attached hydrogens (tertiary/aromatic N) is 4. The lowest BCUT2D eigenvalue weighted by molar-refractivity contribution is 0.0485. The third-order valence-electron chi connectivity index (χ3n) is 4.24. The third-order valence-corrected chi connectivity index (χ3v) is 5.17. The van der Waals surface area contributed by atoms with Crippen LogP contribution in [0.5, 0.6) is 5.75 Å². The Labute approximate surface area is 175 Å². The number of rotatable bonds is 5. The van der Waals surface area contributed by atoms with Gasteiger partial charge in [0.1, 0.15) is 11.4 Å². The number of carbonyl (C=O) groups excluding carboxylic acids is 1. The van der Waals surface area contributed by atoms with Gasteiger partial charge < -0.3 is 14.8 Å². The minimum absolute atomic E-state index is 0.0716. The molecule has 2 aromatic rings. The number of methoxy groups -OCH3 is 1. The van der Waals surface area contributed by atoms with Crippen molar-refractivity contribution >= 4 is 23.6 Å². The van der Waals surface area contributed by atoms with Gasteiger partial charge in [-0.1, -0.05) is 25.6 Å². The molecule has 2 heterocycles. The van der Waals surface area contributed by atoms with E-state index < -0.39 is 11.7 Å². The molecule has 0 aliphatic carbocycles. The van der Waals surface area contributed by atoms with Crippen molar-refractivity contribution in [2.24, 2.45) is 11.0 Å². The number of hydrogen-bond acceptors (Lipinski definition) is 7. The summed E-state index contributed by atoms with van der Waals surface area (Å²) in [6, 6.07) is 7.39. The van der Waals surface area contributed by atoms with E-state index in [4.69, 9.17) is 14.6 Å². The topological polar surface area (TPSA) is 90.6 Å². The lowest BCUT2D eigenvalue weighted by Gasteiger charge is -2.25. The Balaban J connectivity index is 1.89. The summed E-state index contributed by atoms with van der Waals surface area (Å²) in [4.78, 5) is 12.3. The number of nitrogens with one attached hydrogen (secondary N) is 1. The molecule has 3 rings (SSSR count). The Kier molecular flexibility index (Phi) is 6.16. The van der Waals surface area contributed by atoms with E-state index >= 15 is 0 Å². The molecule has 1 N–H and O–H groups in total. The molecule has 0 radical (unpaired) electrons. The van der Waals surface area contributed by atoms with E-state index in [-0.39, 0.29) is 12.0 Å². The summed E-state index contributed by atoms with van der Waals surface area (Å²) >= 11 is 1.56. The zero-order valence-corrected chi connectivity index (χ0v) is 18.4.